The van der Waals surface area contributed by atoms with Crippen LogP contribution in [0.15, 0.2) is 29.1 Å². The standard InChI is InChI=1S/C11H12N2O3S.C9H10N2O2.ClH/c1-11(2,3)6-4-5-8(14)12-7(10(15)16)13-9(5)17-6;10-4-6-1-2-8-7(3-6)11-9(12)5-13-8;/h4H,1-3H3,(H,15,16)(H,12,13,14);1-3H,4-5,10H2,(H,11,12);1H. The van der Waals surface area contributed by atoms with Crippen molar-refractivity contribution in [3.8, 4) is 5.75 Å². The van der Waals surface area contributed by atoms with Crippen molar-refractivity contribution in [3.05, 3.63) is 50.9 Å². The quantitative estimate of drug-likeness (QED) is 0.453. The van der Waals surface area contributed by atoms with Crippen molar-refractivity contribution in [3.63, 3.8) is 0 Å². The van der Waals surface area contributed by atoms with E-state index in [1.54, 1.807) is 6.07 Å². The van der Waals surface area contributed by atoms with Crippen molar-refractivity contribution in [1.82, 2.24) is 9.97 Å². The Kier molecular flexibility index (Phi) is 7.42. The third kappa shape index (κ3) is 5.60. The van der Waals surface area contributed by atoms with Gasteiger partial charge in [-0.3, -0.25) is 9.59 Å². The molecule has 0 bridgehead atoms. The number of rotatable bonds is 2. The van der Waals surface area contributed by atoms with E-state index >= 15 is 0 Å². The maximum atomic E-state index is 11.7. The molecule has 0 saturated carbocycles. The van der Waals surface area contributed by atoms with Gasteiger partial charge in [0.25, 0.3) is 11.5 Å². The summed E-state index contributed by atoms with van der Waals surface area (Å²) in [7, 11) is 0. The zero-order chi connectivity index (χ0) is 22.1. The Hall–Kier alpha value is -2.95. The second-order valence-electron chi connectivity index (χ2n) is 7.67. The fraction of sp³-hybridized carbons (Fsp3) is 0.300. The first-order valence-electron chi connectivity index (χ1n) is 9.11. The summed E-state index contributed by atoms with van der Waals surface area (Å²) >= 11 is 1.36. The molecule has 1 aliphatic heterocycles. The number of aromatic amines is 1. The van der Waals surface area contributed by atoms with Gasteiger partial charge in [0.1, 0.15) is 10.6 Å². The minimum absolute atomic E-state index is 0. The van der Waals surface area contributed by atoms with Crippen molar-refractivity contribution in [1.29, 1.82) is 0 Å². The summed E-state index contributed by atoms with van der Waals surface area (Å²) in [6.45, 7) is 6.65. The van der Waals surface area contributed by atoms with E-state index in [1.165, 1.54) is 11.3 Å². The molecule has 0 atom stereocenters. The summed E-state index contributed by atoms with van der Waals surface area (Å²) in [5, 5.41) is 12.0. The second kappa shape index (κ2) is 9.46. The smallest absolute Gasteiger partial charge is 0.372 e. The van der Waals surface area contributed by atoms with Crippen molar-refractivity contribution in [2.45, 2.75) is 32.7 Å². The van der Waals surface area contributed by atoms with E-state index < -0.39 is 11.5 Å². The molecule has 3 heterocycles. The molecule has 166 valence electrons. The summed E-state index contributed by atoms with van der Waals surface area (Å²) < 4.78 is 5.18. The van der Waals surface area contributed by atoms with Crippen LogP contribution in [0.4, 0.5) is 5.69 Å². The largest absolute Gasteiger partial charge is 0.482 e. The summed E-state index contributed by atoms with van der Waals surface area (Å²) in [4.78, 5) is 41.1. The van der Waals surface area contributed by atoms with E-state index in [2.05, 4.69) is 15.3 Å². The predicted octanol–water partition coefficient (Wildman–Crippen LogP) is 2.88. The number of thiophene rings is 1. The van der Waals surface area contributed by atoms with E-state index in [0.29, 0.717) is 28.2 Å². The number of carboxylic acid groups (broad SMARTS) is 1. The van der Waals surface area contributed by atoms with Crippen LogP contribution in [0.1, 0.15) is 41.8 Å². The van der Waals surface area contributed by atoms with Crippen LogP contribution in [0, 0.1) is 0 Å². The van der Waals surface area contributed by atoms with Gasteiger partial charge in [-0.1, -0.05) is 26.8 Å². The van der Waals surface area contributed by atoms with E-state index in [4.69, 9.17) is 15.6 Å². The third-order valence-electron chi connectivity index (χ3n) is 4.26. The first-order chi connectivity index (χ1) is 14.1. The Morgan fingerprint density at radius 2 is 2.00 bits per heavy atom. The number of nitrogens with one attached hydrogen (secondary N) is 2. The van der Waals surface area contributed by atoms with Crippen molar-refractivity contribution >= 4 is 51.5 Å². The number of carboxylic acids is 1. The average molecular weight is 467 g/mol. The van der Waals surface area contributed by atoms with Crippen LogP contribution >= 0.6 is 23.7 Å². The highest BCUT2D eigenvalue weighted by atomic mass is 35.5. The zero-order valence-corrected chi connectivity index (χ0v) is 18.8. The van der Waals surface area contributed by atoms with Gasteiger partial charge in [-0.15, -0.1) is 23.7 Å². The first kappa shape index (κ1) is 24.3. The molecule has 0 radical (unpaired) electrons. The van der Waals surface area contributed by atoms with E-state index in [9.17, 15) is 14.4 Å². The highest BCUT2D eigenvalue weighted by Crippen LogP contribution is 2.31. The SMILES string of the molecule is CC(C)(C)c1cc2c(=O)[nH]c(C(=O)O)nc2s1.Cl.NCc1ccc2c(c1)NC(=O)CO2. The van der Waals surface area contributed by atoms with Gasteiger partial charge in [-0.25, -0.2) is 9.78 Å². The fourth-order valence-corrected chi connectivity index (χ4v) is 3.75. The van der Waals surface area contributed by atoms with E-state index in [0.717, 1.165) is 10.4 Å². The van der Waals surface area contributed by atoms with Gasteiger partial charge < -0.3 is 25.9 Å². The molecule has 0 aliphatic carbocycles. The van der Waals surface area contributed by atoms with E-state index in [1.807, 2.05) is 39.0 Å². The fourth-order valence-electron chi connectivity index (χ4n) is 2.66. The highest BCUT2D eigenvalue weighted by Gasteiger charge is 2.20. The maximum absolute atomic E-state index is 11.7. The molecular weight excluding hydrogens is 444 g/mol. The van der Waals surface area contributed by atoms with Crippen LogP contribution < -0.4 is 21.3 Å². The lowest BCUT2D eigenvalue weighted by atomic mass is 9.94. The number of halogens is 1. The van der Waals surface area contributed by atoms with Crippen LogP contribution in [0.3, 0.4) is 0 Å². The number of aromatic nitrogens is 2. The number of nitrogens with zero attached hydrogens (tertiary/aromatic N) is 1. The lowest BCUT2D eigenvalue weighted by Crippen LogP contribution is -2.25. The first-order valence-corrected chi connectivity index (χ1v) is 9.93. The molecule has 0 unspecified atom stereocenters. The lowest BCUT2D eigenvalue weighted by molar-refractivity contribution is -0.118. The van der Waals surface area contributed by atoms with Crippen molar-refractivity contribution in [2.24, 2.45) is 5.73 Å². The Morgan fingerprint density at radius 1 is 1.29 bits per heavy atom. The minimum atomic E-state index is -1.23. The van der Waals surface area contributed by atoms with Gasteiger partial charge in [0.05, 0.1) is 11.1 Å². The lowest BCUT2D eigenvalue weighted by Gasteiger charge is -2.18. The topological polar surface area (TPSA) is 147 Å². The number of carbonyl (C=O) groups excluding carboxylic acids is 1. The van der Waals surface area contributed by atoms with Gasteiger partial charge >= 0.3 is 5.97 Å². The number of fused-ring (bicyclic) bond motifs is 2. The molecule has 11 heteroatoms. The number of anilines is 1. The number of aromatic carboxylic acids is 1. The number of carbonyl (C=O) groups is 2. The summed E-state index contributed by atoms with van der Waals surface area (Å²) in [6.07, 6.45) is 0. The molecule has 0 spiro atoms. The van der Waals surface area contributed by atoms with Crippen LogP contribution in [-0.4, -0.2) is 33.6 Å². The number of nitrogens with two attached hydrogens (primary N) is 1. The van der Waals surface area contributed by atoms with Gasteiger partial charge in [0.15, 0.2) is 6.61 Å². The van der Waals surface area contributed by atoms with Gasteiger partial charge in [-0.05, 0) is 29.2 Å². The number of hydrogen-bond donors (Lipinski definition) is 4. The van der Waals surface area contributed by atoms with Crippen LogP contribution in [0.25, 0.3) is 10.2 Å². The third-order valence-corrected chi connectivity index (χ3v) is 5.71. The summed E-state index contributed by atoms with van der Waals surface area (Å²) in [5.74, 6) is -0.960. The predicted molar refractivity (Wildman–Crippen MR) is 122 cm³/mol. The Labute approximate surface area is 188 Å². The molecule has 4 rings (SSSR count). The Bertz CT molecular complexity index is 1180. The van der Waals surface area contributed by atoms with Gasteiger partial charge in [0.2, 0.25) is 5.82 Å². The van der Waals surface area contributed by atoms with E-state index in [-0.39, 0.29) is 36.2 Å². The summed E-state index contributed by atoms with van der Waals surface area (Å²) in [6, 6.07) is 7.30. The number of amides is 1. The molecule has 1 aliphatic rings. The molecule has 3 aromatic rings. The normalized spacial score (nSPS) is 12.6. The van der Waals surface area contributed by atoms with Gasteiger partial charge in [-0.2, -0.15) is 0 Å². The van der Waals surface area contributed by atoms with Gasteiger partial charge in [0, 0.05) is 11.4 Å². The monoisotopic (exact) mass is 466 g/mol. The van der Waals surface area contributed by atoms with Crippen molar-refractivity contribution in [2.75, 3.05) is 11.9 Å². The number of benzene rings is 1. The maximum Gasteiger partial charge on any atom is 0.372 e. The molecule has 2 aromatic heterocycles. The molecule has 31 heavy (non-hydrogen) atoms. The molecule has 0 fully saturated rings. The highest BCUT2D eigenvalue weighted by molar-refractivity contribution is 7.18. The van der Waals surface area contributed by atoms with Crippen LogP contribution in [0.5, 0.6) is 5.75 Å². The molecule has 1 amide bonds. The van der Waals surface area contributed by atoms with Crippen LogP contribution in [0.2, 0.25) is 0 Å². The number of ether oxygens (including phenoxy) is 1. The minimum Gasteiger partial charge on any atom is -0.482 e. The number of hydrogen-bond acceptors (Lipinski definition) is 7. The Morgan fingerprint density at radius 3 is 2.61 bits per heavy atom. The molecule has 0 saturated heterocycles. The Balaban J connectivity index is 0.000000220. The van der Waals surface area contributed by atoms with Crippen molar-refractivity contribution < 1.29 is 19.4 Å². The molecular formula is C20H23ClN4O5S. The van der Waals surface area contributed by atoms with Crippen LogP contribution in [-0.2, 0) is 16.8 Å². The average Bonchev–Trinajstić information content (AvgIpc) is 3.13. The number of H-pyrrole nitrogens is 1. The second-order valence-corrected chi connectivity index (χ2v) is 8.70. The summed E-state index contributed by atoms with van der Waals surface area (Å²) in [5.41, 5.74) is 6.66. The molecule has 9 nitrogen and oxygen atoms in total. The molecule has 1 aromatic carbocycles. The molecule has 5 N–H and O–H groups in total. The zero-order valence-electron chi connectivity index (χ0n) is 17.1.